The molecule has 1 atom stereocenters. The molecule has 1 unspecified atom stereocenters. The Morgan fingerprint density at radius 3 is 3.23 bits per heavy atom. The highest BCUT2D eigenvalue weighted by Gasteiger charge is 2.16. The first-order valence-electron chi connectivity index (χ1n) is 4.43. The van der Waals surface area contributed by atoms with Crippen LogP contribution in [0, 0.1) is 0 Å². The Hall–Kier alpha value is -1.29. The Morgan fingerprint density at radius 2 is 2.54 bits per heavy atom. The fourth-order valence-corrected chi connectivity index (χ4v) is 1.39. The van der Waals surface area contributed by atoms with Gasteiger partial charge in [-0.3, -0.25) is 0 Å². The van der Waals surface area contributed by atoms with E-state index in [0.717, 1.165) is 19.5 Å². The molecule has 4 heteroatoms. The normalized spacial score (nSPS) is 21.7. The highest BCUT2D eigenvalue weighted by atomic mass is 16.5. The van der Waals surface area contributed by atoms with Crippen molar-refractivity contribution in [2.24, 2.45) is 0 Å². The quantitative estimate of drug-likeness (QED) is 0.690. The number of pyridine rings is 1. The fraction of sp³-hybridized carbons (Fsp3) is 0.444. The number of rotatable bonds is 2. The van der Waals surface area contributed by atoms with Gasteiger partial charge in [0.25, 0.3) is 0 Å². The van der Waals surface area contributed by atoms with Gasteiger partial charge < -0.3 is 15.8 Å². The van der Waals surface area contributed by atoms with Crippen LogP contribution in [0.1, 0.15) is 6.42 Å². The van der Waals surface area contributed by atoms with Crippen LogP contribution in [0.15, 0.2) is 18.3 Å². The van der Waals surface area contributed by atoms with E-state index in [0.29, 0.717) is 11.6 Å². The Labute approximate surface area is 77.1 Å². The monoisotopic (exact) mass is 179 g/mol. The maximum absolute atomic E-state index is 5.60. The number of hydrogen-bond donors (Lipinski definition) is 2. The lowest BCUT2D eigenvalue weighted by molar-refractivity contribution is 0.214. The Balaban J connectivity index is 2.00. The third-order valence-electron chi connectivity index (χ3n) is 2.06. The highest BCUT2D eigenvalue weighted by molar-refractivity contribution is 5.39. The van der Waals surface area contributed by atoms with Crippen molar-refractivity contribution in [2.75, 3.05) is 18.8 Å². The molecule has 4 nitrogen and oxygen atoms in total. The average molecular weight is 179 g/mol. The number of anilines is 1. The number of nitrogens with two attached hydrogens (primary N) is 1. The van der Waals surface area contributed by atoms with Crippen molar-refractivity contribution >= 4 is 5.69 Å². The van der Waals surface area contributed by atoms with Gasteiger partial charge in [0.15, 0.2) is 0 Å². The first kappa shape index (κ1) is 8.31. The molecule has 1 aromatic rings. The van der Waals surface area contributed by atoms with Crippen molar-refractivity contribution in [1.29, 1.82) is 0 Å². The number of nitrogen functional groups attached to an aromatic ring is 1. The highest BCUT2D eigenvalue weighted by Crippen LogP contribution is 2.14. The van der Waals surface area contributed by atoms with Crippen molar-refractivity contribution in [3.8, 4) is 5.88 Å². The largest absolute Gasteiger partial charge is 0.473 e. The number of nitrogens with one attached hydrogen (secondary N) is 1. The van der Waals surface area contributed by atoms with Gasteiger partial charge in [0, 0.05) is 24.5 Å². The minimum atomic E-state index is 0.245. The molecule has 3 N–H and O–H groups in total. The lowest BCUT2D eigenvalue weighted by Crippen LogP contribution is -2.20. The van der Waals surface area contributed by atoms with E-state index in [4.69, 9.17) is 10.5 Å². The van der Waals surface area contributed by atoms with E-state index in [1.54, 1.807) is 18.3 Å². The number of aromatic nitrogens is 1. The van der Waals surface area contributed by atoms with Gasteiger partial charge in [-0.1, -0.05) is 0 Å². The molecule has 13 heavy (non-hydrogen) atoms. The van der Waals surface area contributed by atoms with Gasteiger partial charge in [0.1, 0.15) is 6.10 Å². The van der Waals surface area contributed by atoms with Crippen LogP contribution in [-0.4, -0.2) is 24.2 Å². The molecule has 0 radical (unpaired) electrons. The van der Waals surface area contributed by atoms with Gasteiger partial charge in [0.05, 0.1) is 0 Å². The molecule has 1 fully saturated rings. The molecular formula is C9H13N3O. The zero-order valence-corrected chi connectivity index (χ0v) is 7.36. The van der Waals surface area contributed by atoms with Gasteiger partial charge >= 0.3 is 0 Å². The lowest BCUT2D eigenvalue weighted by atomic mass is 10.3. The summed E-state index contributed by atoms with van der Waals surface area (Å²) in [5, 5.41) is 3.22. The molecule has 70 valence electrons. The van der Waals surface area contributed by atoms with E-state index >= 15 is 0 Å². The molecule has 2 heterocycles. The first-order chi connectivity index (χ1) is 6.34. The number of ether oxygens (including phenoxy) is 1. The summed E-state index contributed by atoms with van der Waals surface area (Å²) in [7, 11) is 0. The summed E-state index contributed by atoms with van der Waals surface area (Å²) in [6.07, 6.45) is 2.94. The predicted molar refractivity (Wildman–Crippen MR) is 50.6 cm³/mol. The molecule has 1 aliphatic rings. The predicted octanol–water partition coefficient (Wildman–Crippen LogP) is 0.404. The van der Waals surface area contributed by atoms with Crippen molar-refractivity contribution in [3.05, 3.63) is 18.3 Å². The Morgan fingerprint density at radius 1 is 1.62 bits per heavy atom. The third-order valence-corrected chi connectivity index (χ3v) is 2.06. The SMILES string of the molecule is Nc1ccnc(OC2CCNC2)c1. The molecule has 0 amide bonds. The summed E-state index contributed by atoms with van der Waals surface area (Å²) in [4.78, 5) is 4.07. The zero-order chi connectivity index (χ0) is 9.10. The standard InChI is InChI=1S/C9H13N3O/c10-7-1-4-12-9(5-7)13-8-2-3-11-6-8/h1,4-5,8,11H,2-3,6H2,(H2,10,12). The average Bonchev–Trinajstić information content (AvgIpc) is 2.57. The molecule has 0 saturated carbocycles. The molecule has 2 rings (SSSR count). The van der Waals surface area contributed by atoms with Gasteiger partial charge in [-0.2, -0.15) is 0 Å². The third kappa shape index (κ3) is 2.09. The lowest BCUT2D eigenvalue weighted by Gasteiger charge is -2.10. The first-order valence-corrected chi connectivity index (χ1v) is 4.43. The van der Waals surface area contributed by atoms with E-state index in [-0.39, 0.29) is 6.10 Å². The smallest absolute Gasteiger partial charge is 0.215 e. The van der Waals surface area contributed by atoms with Gasteiger partial charge in [0.2, 0.25) is 5.88 Å². The summed E-state index contributed by atoms with van der Waals surface area (Å²) in [6, 6.07) is 3.50. The van der Waals surface area contributed by atoms with E-state index in [1.165, 1.54) is 0 Å². The summed E-state index contributed by atoms with van der Waals surface area (Å²) < 4.78 is 5.60. The Bertz CT molecular complexity index is 284. The second kappa shape index (κ2) is 3.62. The molecule has 1 aliphatic heterocycles. The number of hydrogen-bond acceptors (Lipinski definition) is 4. The van der Waals surface area contributed by atoms with Crippen LogP contribution in [0.4, 0.5) is 5.69 Å². The molecule has 0 aromatic carbocycles. The summed E-state index contributed by atoms with van der Waals surface area (Å²) in [5.74, 6) is 0.619. The topological polar surface area (TPSA) is 60.2 Å². The number of nitrogens with zero attached hydrogens (tertiary/aromatic N) is 1. The van der Waals surface area contributed by atoms with Crippen molar-refractivity contribution in [2.45, 2.75) is 12.5 Å². The molecule has 0 bridgehead atoms. The van der Waals surface area contributed by atoms with Crippen molar-refractivity contribution < 1.29 is 4.74 Å². The van der Waals surface area contributed by atoms with Crippen molar-refractivity contribution in [3.63, 3.8) is 0 Å². The molecule has 0 aliphatic carbocycles. The molecule has 1 aromatic heterocycles. The van der Waals surface area contributed by atoms with Crippen LogP contribution in [0.3, 0.4) is 0 Å². The maximum atomic E-state index is 5.60. The maximum Gasteiger partial charge on any atom is 0.215 e. The van der Waals surface area contributed by atoms with Crippen LogP contribution in [0.25, 0.3) is 0 Å². The second-order valence-electron chi connectivity index (χ2n) is 3.16. The Kier molecular flexibility index (Phi) is 2.31. The van der Waals surface area contributed by atoms with Gasteiger partial charge in [-0.15, -0.1) is 0 Å². The van der Waals surface area contributed by atoms with Crippen LogP contribution < -0.4 is 15.8 Å². The zero-order valence-electron chi connectivity index (χ0n) is 7.36. The fourth-order valence-electron chi connectivity index (χ4n) is 1.39. The summed E-state index contributed by atoms with van der Waals surface area (Å²) in [6.45, 7) is 1.92. The van der Waals surface area contributed by atoms with Crippen molar-refractivity contribution in [1.82, 2.24) is 10.3 Å². The molecule has 1 saturated heterocycles. The van der Waals surface area contributed by atoms with E-state index in [1.807, 2.05) is 0 Å². The van der Waals surface area contributed by atoms with Crippen LogP contribution >= 0.6 is 0 Å². The van der Waals surface area contributed by atoms with Gasteiger partial charge in [-0.05, 0) is 19.0 Å². The van der Waals surface area contributed by atoms with E-state index in [2.05, 4.69) is 10.3 Å². The summed E-state index contributed by atoms with van der Waals surface area (Å²) >= 11 is 0. The van der Waals surface area contributed by atoms with Crippen LogP contribution in [0.5, 0.6) is 5.88 Å². The minimum absolute atomic E-state index is 0.245. The molecule has 0 spiro atoms. The summed E-state index contributed by atoms with van der Waals surface area (Å²) in [5.41, 5.74) is 6.29. The van der Waals surface area contributed by atoms with Crippen LogP contribution in [0.2, 0.25) is 0 Å². The molecular weight excluding hydrogens is 166 g/mol. The minimum Gasteiger partial charge on any atom is -0.473 e. The van der Waals surface area contributed by atoms with Gasteiger partial charge in [-0.25, -0.2) is 4.98 Å². The second-order valence-corrected chi connectivity index (χ2v) is 3.16. The van der Waals surface area contributed by atoms with E-state index < -0.39 is 0 Å². The van der Waals surface area contributed by atoms with E-state index in [9.17, 15) is 0 Å². The van der Waals surface area contributed by atoms with Crippen LogP contribution in [-0.2, 0) is 0 Å².